The molecule has 3 nitrogen and oxygen atoms in total. The molecule has 0 amide bonds. The molecule has 0 spiro atoms. The van der Waals surface area contributed by atoms with Gasteiger partial charge in [-0.2, -0.15) is 0 Å². The highest BCUT2D eigenvalue weighted by Crippen LogP contribution is 2.52. The largest absolute Gasteiger partial charge is 0.494 e. The first kappa shape index (κ1) is 12.8. The number of methoxy groups -OCH3 is 1. The fourth-order valence-corrected chi connectivity index (χ4v) is 2.95. The van der Waals surface area contributed by atoms with Crippen LogP contribution in [-0.4, -0.2) is 16.7 Å². The number of rotatable bonds is 4. The Hall–Kier alpha value is -1.22. The van der Waals surface area contributed by atoms with Gasteiger partial charge < -0.3 is 9.30 Å². The summed E-state index contributed by atoms with van der Waals surface area (Å²) in [4.78, 5) is 4.64. The summed E-state index contributed by atoms with van der Waals surface area (Å²) in [5, 5.41) is 0. The first-order chi connectivity index (χ1) is 9.06. The number of para-hydroxylation sites is 1. The molecule has 1 aliphatic carbocycles. The summed E-state index contributed by atoms with van der Waals surface area (Å²) in [7, 11) is 1.68. The SMILES string of the molecule is COc1cccc2c1nc(CCl)n2CC1CC1(C)C. The van der Waals surface area contributed by atoms with Gasteiger partial charge in [-0.25, -0.2) is 4.98 Å². The quantitative estimate of drug-likeness (QED) is 0.795. The van der Waals surface area contributed by atoms with Crippen molar-refractivity contribution in [1.82, 2.24) is 9.55 Å². The van der Waals surface area contributed by atoms with E-state index in [-0.39, 0.29) is 0 Å². The first-order valence-corrected chi connectivity index (χ1v) is 7.18. The van der Waals surface area contributed by atoms with Gasteiger partial charge in [0.25, 0.3) is 0 Å². The number of benzene rings is 1. The Morgan fingerprint density at radius 3 is 2.79 bits per heavy atom. The smallest absolute Gasteiger partial charge is 0.146 e. The molecule has 4 heteroatoms. The highest BCUT2D eigenvalue weighted by molar-refractivity contribution is 6.16. The first-order valence-electron chi connectivity index (χ1n) is 6.65. The molecule has 19 heavy (non-hydrogen) atoms. The lowest BCUT2D eigenvalue weighted by molar-refractivity contribution is 0.419. The van der Waals surface area contributed by atoms with Crippen LogP contribution in [0.5, 0.6) is 5.75 Å². The van der Waals surface area contributed by atoms with Crippen LogP contribution in [-0.2, 0) is 12.4 Å². The number of halogens is 1. The zero-order chi connectivity index (χ0) is 13.6. The monoisotopic (exact) mass is 278 g/mol. The molecule has 0 aliphatic heterocycles. The van der Waals surface area contributed by atoms with Crippen molar-refractivity contribution in [2.24, 2.45) is 11.3 Å². The number of imidazole rings is 1. The second kappa shape index (κ2) is 4.41. The zero-order valence-corrected chi connectivity index (χ0v) is 12.4. The standard InChI is InChI=1S/C15H19ClN2O/c1-15(2)7-10(15)9-18-11-5-4-6-12(19-3)14(11)17-13(18)8-16/h4-6,10H,7-9H2,1-3H3. The molecule has 0 bridgehead atoms. The number of aromatic nitrogens is 2. The molecule has 1 aromatic carbocycles. The molecule has 1 saturated carbocycles. The molecule has 102 valence electrons. The topological polar surface area (TPSA) is 27.1 Å². The van der Waals surface area contributed by atoms with Gasteiger partial charge in [-0.1, -0.05) is 19.9 Å². The third kappa shape index (κ3) is 2.10. The Morgan fingerprint density at radius 2 is 2.21 bits per heavy atom. The highest BCUT2D eigenvalue weighted by atomic mass is 35.5. The van der Waals surface area contributed by atoms with Gasteiger partial charge in [-0.05, 0) is 29.9 Å². The molecule has 3 rings (SSSR count). The molecular formula is C15H19ClN2O. The number of ether oxygens (including phenoxy) is 1. The van der Waals surface area contributed by atoms with Crippen LogP contribution >= 0.6 is 11.6 Å². The van der Waals surface area contributed by atoms with Gasteiger partial charge in [-0.3, -0.25) is 0 Å². The van der Waals surface area contributed by atoms with E-state index in [4.69, 9.17) is 16.3 Å². The minimum absolute atomic E-state index is 0.435. The van der Waals surface area contributed by atoms with Gasteiger partial charge in [0.05, 0.1) is 18.5 Å². The summed E-state index contributed by atoms with van der Waals surface area (Å²) in [6.45, 7) is 5.63. The molecule has 1 unspecified atom stereocenters. The Morgan fingerprint density at radius 1 is 1.47 bits per heavy atom. The predicted molar refractivity (Wildman–Crippen MR) is 77.7 cm³/mol. The molecule has 1 heterocycles. The number of nitrogens with zero attached hydrogens (tertiary/aromatic N) is 2. The zero-order valence-electron chi connectivity index (χ0n) is 11.6. The van der Waals surface area contributed by atoms with E-state index in [1.165, 1.54) is 6.42 Å². The van der Waals surface area contributed by atoms with Crippen molar-refractivity contribution in [1.29, 1.82) is 0 Å². The summed E-state index contributed by atoms with van der Waals surface area (Å²) >= 11 is 6.05. The van der Waals surface area contributed by atoms with Crippen molar-refractivity contribution < 1.29 is 4.74 Å². The van der Waals surface area contributed by atoms with Gasteiger partial charge in [0.15, 0.2) is 0 Å². The lowest BCUT2D eigenvalue weighted by Crippen LogP contribution is -2.06. The van der Waals surface area contributed by atoms with E-state index in [2.05, 4.69) is 29.5 Å². The predicted octanol–water partition coefficient (Wildman–Crippen LogP) is 3.83. The molecule has 0 saturated heterocycles. The number of alkyl halides is 1. The number of fused-ring (bicyclic) bond motifs is 1. The van der Waals surface area contributed by atoms with Crippen LogP contribution in [0.3, 0.4) is 0 Å². The second-order valence-corrected chi connectivity index (χ2v) is 6.26. The van der Waals surface area contributed by atoms with Crippen LogP contribution in [0.2, 0.25) is 0 Å². The molecule has 1 atom stereocenters. The molecule has 1 fully saturated rings. The van der Waals surface area contributed by atoms with Crippen LogP contribution in [0.1, 0.15) is 26.1 Å². The molecule has 2 aromatic rings. The van der Waals surface area contributed by atoms with Gasteiger partial charge in [0.1, 0.15) is 17.1 Å². The van der Waals surface area contributed by atoms with E-state index in [0.717, 1.165) is 35.1 Å². The van der Waals surface area contributed by atoms with Crippen molar-refractivity contribution in [2.75, 3.05) is 7.11 Å². The van der Waals surface area contributed by atoms with Crippen LogP contribution in [0, 0.1) is 11.3 Å². The highest BCUT2D eigenvalue weighted by Gasteiger charge is 2.45. The van der Waals surface area contributed by atoms with E-state index in [0.29, 0.717) is 11.3 Å². The third-order valence-electron chi connectivity index (χ3n) is 4.28. The normalized spacial score (nSPS) is 20.7. The summed E-state index contributed by atoms with van der Waals surface area (Å²) in [6.07, 6.45) is 1.28. The Labute approximate surface area is 118 Å². The molecule has 0 N–H and O–H groups in total. The Balaban J connectivity index is 2.06. The average molecular weight is 279 g/mol. The molecule has 0 radical (unpaired) electrons. The summed E-state index contributed by atoms with van der Waals surface area (Å²) in [5.74, 6) is 2.91. The van der Waals surface area contributed by atoms with Gasteiger partial charge >= 0.3 is 0 Å². The van der Waals surface area contributed by atoms with Crippen molar-refractivity contribution in [3.8, 4) is 5.75 Å². The lowest BCUT2D eigenvalue weighted by atomic mass is 10.1. The molecular weight excluding hydrogens is 260 g/mol. The fourth-order valence-electron chi connectivity index (χ4n) is 2.75. The van der Waals surface area contributed by atoms with E-state index < -0.39 is 0 Å². The maximum Gasteiger partial charge on any atom is 0.146 e. The molecule has 1 aliphatic rings. The lowest BCUT2D eigenvalue weighted by Gasteiger charge is -2.09. The van der Waals surface area contributed by atoms with Crippen molar-refractivity contribution in [2.45, 2.75) is 32.7 Å². The van der Waals surface area contributed by atoms with Crippen LogP contribution in [0.4, 0.5) is 0 Å². The molecule has 1 aromatic heterocycles. The van der Waals surface area contributed by atoms with Crippen LogP contribution < -0.4 is 4.74 Å². The maximum absolute atomic E-state index is 6.05. The number of hydrogen-bond donors (Lipinski definition) is 0. The summed E-state index contributed by atoms with van der Waals surface area (Å²) in [5.41, 5.74) is 2.50. The van der Waals surface area contributed by atoms with Crippen LogP contribution in [0.25, 0.3) is 11.0 Å². The summed E-state index contributed by atoms with van der Waals surface area (Å²) in [6, 6.07) is 6.05. The van der Waals surface area contributed by atoms with E-state index in [1.807, 2.05) is 12.1 Å². The minimum Gasteiger partial charge on any atom is -0.494 e. The fraction of sp³-hybridized carbons (Fsp3) is 0.533. The van der Waals surface area contributed by atoms with E-state index >= 15 is 0 Å². The van der Waals surface area contributed by atoms with Crippen molar-refractivity contribution in [3.63, 3.8) is 0 Å². The Kier molecular flexibility index (Phi) is 2.97. The Bertz CT molecular complexity index is 618. The average Bonchev–Trinajstić information content (AvgIpc) is 2.84. The van der Waals surface area contributed by atoms with Crippen molar-refractivity contribution >= 4 is 22.6 Å². The van der Waals surface area contributed by atoms with E-state index in [9.17, 15) is 0 Å². The van der Waals surface area contributed by atoms with Gasteiger partial charge in [0, 0.05) is 6.54 Å². The third-order valence-corrected chi connectivity index (χ3v) is 4.52. The van der Waals surface area contributed by atoms with Gasteiger partial charge in [0.2, 0.25) is 0 Å². The number of hydrogen-bond acceptors (Lipinski definition) is 2. The van der Waals surface area contributed by atoms with E-state index in [1.54, 1.807) is 7.11 Å². The van der Waals surface area contributed by atoms with Crippen LogP contribution in [0.15, 0.2) is 18.2 Å². The summed E-state index contributed by atoms with van der Waals surface area (Å²) < 4.78 is 7.64. The minimum atomic E-state index is 0.435. The van der Waals surface area contributed by atoms with Gasteiger partial charge in [-0.15, -0.1) is 11.6 Å². The second-order valence-electron chi connectivity index (χ2n) is 5.99. The van der Waals surface area contributed by atoms with Crippen molar-refractivity contribution in [3.05, 3.63) is 24.0 Å². The maximum atomic E-state index is 6.05.